The molecule has 2 unspecified atom stereocenters. The highest BCUT2D eigenvalue weighted by Crippen LogP contribution is 2.43. The molecular formula is C50H56N12O. The molecule has 2 atom stereocenters. The molecule has 9 rings (SSSR count). The number of allylic oxidation sites excluding steroid dienone is 1. The molecular weight excluding hydrogens is 785 g/mol. The number of anilines is 1. The number of nitrogens with zero attached hydrogens (tertiary/aromatic N) is 7. The van der Waals surface area contributed by atoms with Crippen molar-refractivity contribution >= 4 is 57.8 Å². The summed E-state index contributed by atoms with van der Waals surface area (Å²) in [7, 11) is 0. The first-order chi connectivity index (χ1) is 30.3. The van der Waals surface area contributed by atoms with Gasteiger partial charge in [0.1, 0.15) is 5.65 Å². The van der Waals surface area contributed by atoms with Crippen LogP contribution >= 0.6 is 0 Å². The van der Waals surface area contributed by atoms with Crippen molar-refractivity contribution in [1.29, 1.82) is 0 Å². The topological polar surface area (TPSA) is 164 Å². The Kier molecular flexibility index (Phi) is 10.5. The molecule has 13 heteroatoms. The van der Waals surface area contributed by atoms with E-state index in [1.165, 1.54) is 0 Å². The van der Waals surface area contributed by atoms with Gasteiger partial charge in [0.05, 0.1) is 41.3 Å². The lowest BCUT2D eigenvalue weighted by Gasteiger charge is -2.38. The summed E-state index contributed by atoms with van der Waals surface area (Å²) in [5.74, 6) is 7.88. The van der Waals surface area contributed by atoms with Crippen LogP contribution < -0.4 is 32.9 Å². The third-order valence-electron chi connectivity index (χ3n) is 13.2. The fourth-order valence-corrected chi connectivity index (χ4v) is 9.13. The van der Waals surface area contributed by atoms with Gasteiger partial charge in [-0.15, -0.1) is 6.58 Å². The fraction of sp³-hybridized carbons (Fsp3) is 0.280. The molecule has 5 aromatic heterocycles. The molecule has 1 saturated carbocycles. The Morgan fingerprint density at radius 3 is 2.63 bits per heavy atom. The number of pyridine rings is 1. The molecule has 322 valence electrons. The van der Waals surface area contributed by atoms with Crippen LogP contribution in [0.2, 0.25) is 0 Å². The van der Waals surface area contributed by atoms with Crippen molar-refractivity contribution in [2.24, 2.45) is 11.6 Å². The normalized spacial score (nSPS) is 17.5. The van der Waals surface area contributed by atoms with Crippen LogP contribution in [0.4, 0.5) is 5.69 Å². The number of aromatic nitrogens is 6. The zero-order valence-corrected chi connectivity index (χ0v) is 36.4. The summed E-state index contributed by atoms with van der Waals surface area (Å²) in [5.41, 5.74) is 15.9. The van der Waals surface area contributed by atoms with E-state index in [2.05, 4.69) is 114 Å². The van der Waals surface area contributed by atoms with Gasteiger partial charge in [0, 0.05) is 116 Å². The maximum absolute atomic E-state index is 12.0. The van der Waals surface area contributed by atoms with Gasteiger partial charge in [-0.2, -0.15) is 0 Å². The number of rotatable bonds is 14. The van der Waals surface area contributed by atoms with Gasteiger partial charge in [0.15, 0.2) is 5.82 Å². The highest BCUT2D eigenvalue weighted by atomic mass is 16.1. The first-order valence-corrected chi connectivity index (χ1v) is 21.6. The highest BCUT2D eigenvalue weighted by molar-refractivity contribution is 5.95. The van der Waals surface area contributed by atoms with Crippen molar-refractivity contribution in [3.63, 3.8) is 0 Å². The maximum atomic E-state index is 12.0. The molecule has 7 N–H and O–H groups in total. The second-order valence-electron chi connectivity index (χ2n) is 17.5. The summed E-state index contributed by atoms with van der Waals surface area (Å²) >= 11 is 0. The van der Waals surface area contributed by atoms with Crippen LogP contribution in [0.5, 0.6) is 0 Å². The quantitative estimate of drug-likeness (QED) is 0.0446. The molecule has 0 bridgehead atoms. The van der Waals surface area contributed by atoms with Crippen molar-refractivity contribution in [2.75, 3.05) is 18.4 Å². The monoisotopic (exact) mass is 840 g/mol. The van der Waals surface area contributed by atoms with E-state index in [1.54, 1.807) is 11.2 Å². The van der Waals surface area contributed by atoms with Gasteiger partial charge < -0.3 is 40.4 Å². The molecule has 0 spiro atoms. The van der Waals surface area contributed by atoms with E-state index in [9.17, 15) is 4.79 Å². The molecule has 2 aliphatic heterocycles. The first kappa shape index (κ1) is 41.2. The van der Waals surface area contributed by atoms with E-state index in [1.807, 2.05) is 42.7 Å². The average Bonchev–Trinajstić information content (AvgIpc) is 3.72. The van der Waals surface area contributed by atoms with E-state index in [0.717, 1.165) is 103 Å². The molecule has 1 amide bonds. The minimum Gasteiger partial charge on any atom is -0.399 e. The minimum atomic E-state index is -0.534. The smallest absolute Gasteiger partial charge is 0.224 e. The fourth-order valence-electron chi connectivity index (χ4n) is 9.13. The minimum absolute atomic E-state index is 0.0216. The van der Waals surface area contributed by atoms with Crippen LogP contribution in [0.25, 0.3) is 57.6 Å². The summed E-state index contributed by atoms with van der Waals surface area (Å²) < 4.78 is 4.25. The maximum Gasteiger partial charge on any atom is 0.224 e. The number of benzene rings is 1. The summed E-state index contributed by atoms with van der Waals surface area (Å²) in [5, 5.41) is 12.6. The number of nitrogens with two attached hydrogens (primary N) is 2. The third kappa shape index (κ3) is 7.31. The van der Waals surface area contributed by atoms with Crippen molar-refractivity contribution < 1.29 is 4.79 Å². The number of H-pyrrole nitrogens is 1. The number of hydrazine groups is 1. The third-order valence-corrected chi connectivity index (χ3v) is 13.2. The Morgan fingerprint density at radius 2 is 1.87 bits per heavy atom. The number of aromatic amines is 1. The number of carbonyl (C=O) groups excluding carboxylic acids is 1. The Balaban J connectivity index is 0.972. The number of nitrogens with one attached hydrogen (secondary N) is 3. The van der Waals surface area contributed by atoms with Crippen molar-refractivity contribution in [1.82, 2.24) is 44.3 Å². The van der Waals surface area contributed by atoms with E-state index < -0.39 is 5.54 Å². The molecule has 0 radical (unpaired) electrons. The van der Waals surface area contributed by atoms with E-state index in [4.69, 9.17) is 26.5 Å². The second-order valence-corrected chi connectivity index (χ2v) is 17.5. The summed E-state index contributed by atoms with van der Waals surface area (Å²) in [6.45, 7) is 28.8. The van der Waals surface area contributed by atoms with Crippen molar-refractivity contribution in [3.05, 3.63) is 144 Å². The van der Waals surface area contributed by atoms with E-state index >= 15 is 0 Å². The zero-order chi connectivity index (χ0) is 44.3. The lowest BCUT2D eigenvalue weighted by atomic mass is 9.95. The van der Waals surface area contributed by atoms with Crippen molar-refractivity contribution in [3.8, 4) is 11.4 Å². The predicted molar refractivity (Wildman–Crippen MR) is 255 cm³/mol. The summed E-state index contributed by atoms with van der Waals surface area (Å²) in [4.78, 5) is 33.0. The number of hydrogen-bond donors (Lipinski definition) is 5. The zero-order valence-electron chi connectivity index (χ0n) is 36.4. The van der Waals surface area contributed by atoms with Gasteiger partial charge in [-0.1, -0.05) is 44.5 Å². The Morgan fingerprint density at radius 1 is 1.06 bits per heavy atom. The number of amides is 1. The summed E-state index contributed by atoms with van der Waals surface area (Å²) in [6, 6.07) is 14.1. The molecule has 7 heterocycles. The Labute approximate surface area is 367 Å². The Hall–Kier alpha value is -7.12. The number of carbonyl (C=O) groups is 1. The van der Waals surface area contributed by atoms with Crippen LogP contribution in [0.15, 0.2) is 111 Å². The van der Waals surface area contributed by atoms with Crippen LogP contribution in [0, 0.1) is 0 Å². The first-order valence-electron chi connectivity index (χ1n) is 21.6. The number of fused-ring (bicyclic) bond motifs is 3. The van der Waals surface area contributed by atoms with Gasteiger partial charge in [-0.25, -0.2) is 20.8 Å². The molecule has 13 nitrogen and oxygen atoms in total. The molecule has 2 fully saturated rings. The van der Waals surface area contributed by atoms with Crippen LogP contribution in [-0.2, 0) is 10.3 Å². The van der Waals surface area contributed by atoms with Crippen LogP contribution in [0.3, 0.4) is 0 Å². The molecule has 1 saturated heterocycles. The largest absolute Gasteiger partial charge is 0.399 e. The summed E-state index contributed by atoms with van der Waals surface area (Å²) in [6.07, 6.45) is 15.9. The van der Waals surface area contributed by atoms with Gasteiger partial charge in [-0.05, 0) is 76.8 Å². The standard InChI is InChI=1S/C50H56N12O/c1-9-10-23-59-28-40(37-18-21-53-47(37)32(59)5)43-25-42(34-14-15-34)57-48(58-43)38-19-22-54-49-39(38)20-24-60(49)50(7,8)33(6)61(52)27-35(51)26-55-41-13-11-12-36-30(3)62(31(4)46(36)41)44-16-17-45(63)56-29(44)2/h9,11-13,18-22,24-25,27-28,33-34,44,53,55H,1-5,10,14-17,23,26,51-52H2,6-8H3,(H,56,63)/b35-27-. The SMILES string of the molecule is C=CCCN1C=C(c2cc(C3CC3)nc(-c3ccnc4c3ccn4C(C)(C)C(C)N(N)/C=C(\N)CNc3cccc4c(=C)n(C5CCC(=O)NC5=C)c(=C)c34)n2)c2cc[nH]c2C1=C. The Bertz CT molecular complexity index is 3010. The molecule has 1 aliphatic carbocycles. The molecule has 63 heavy (non-hydrogen) atoms. The van der Waals surface area contributed by atoms with Crippen LogP contribution in [0.1, 0.15) is 87.5 Å². The van der Waals surface area contributed by atoms with Gasteiger partial charge in [-0.3, -0.25) is 4.79 Å². The lowest BCUT2D eigenvalue weighted by Crippen LogP contribution is -2.50. The van der Waals surface area contributed by atoms with Crippen molar-refractivity contribution in [2.45, 2.75) is 76.4 Å². The second kappa shape index (κ2) is 16.0. The van der Waals surface area contributed by atoms with Gasteiger partial charge in [0.25, 0.3) is 0 Å². The molecule has 3 aliphatic rings. The highest BCUT2D eigenvalue weighted by Gasteiger charge is 2.34. The lowest BCUT2D eigenvalue weighted by molar-refractivity contribution is -0.121. The van der Waals surface area contributed by atoms with E-state index in [-0.39, 0.29) is 18.0 Å². The number of piperidine rings is 1. The number of hydrogen-bond acceptors (Lipinski definition) is 9. The van der Waals surface area contributed by atoms with Gasteiger partial charge >= 0.3 is 0 Å². The van der Waals surface area contributed by atoms with Crippen LogP contribution in [-0.4, -0.2) is 64.0 Å². The average molecular weight is 841 g/mol. The van der Waals surface area contributed by atoms with E-state index in [0.29, 0.717) is 42.5 Å². The molecule has 6 aromatic rings. The van der Waals surface area contributed by atoms with Gasteiger partial charge in [0.2, 0.25) is 5.91 Å². The molecule has 1 aromatic carbocycles. The predicted octanol–water partition coefficient (Wildman–Crippen LogP) is 6.90.